The summed E-state index contributed by atoms with van der Waals surface area (Å²) >= 11 is 1.51. The topological polar surface area (TPSA) is 66.7 Å². The first-order chi connectivity index (χ1) is 13.7. The number of furan rings is 1. The van der Waals surface area contributed by atoms with Gasteiger partial charge in [-0.1, -0.05) is 30.3 Å². The number of thiazole rings is 1. The third-order valence-corrected chi connectivity index (χ3v) is 5.62. The predicted molar refractivity (Wildman–Crippen MR) is 106 cm³/mol. The van der Waals surface area contributed by atoms with Gasteiger partial charge in [0.25, 0.3) is 11.8 Å². The molecule has 1 aliphatic rings. The quantitative estimate of drug-likeness (QED) is 0.680. The molecule has 28 heavy (non-hydrogen) atoms. The van der Waals surface area contributed by atoms with Crippen LogP contribution in [0.15, 0.2) is 58.5 Å². The minimum atomic E-state index is -0.127. The second-order valence-electron chi connectivity index (χ2n) is 6.70. The van der Waals surface area contributed by atoms with Crippen LogP contribution in [0.4, 0.5) is 0 Å². The summed E-state index contributed by atoms with van der Waals surface area (Å²) in [6.45, 7) is 2.22. The summed E-state index contributed by atoms with van der Waals surface area (Å²) in [4.78, 5) is 33.4. The molecular weight excluding hydrogens is 374 g/mol. The van der Waals surface area contributed by atoms with E-state index in [9.17, 15) is 9.59 Å². The fourth-order valence-corrected chi connectivity index (χ4v) is 4.10. The lowest BCUT2D eigenvalue weighted by Crippen LogP contribution is -2.37. The first-order valence-corrected chi connectivity index (χ1v) is 10.2. The van der Waals surface area contributed by atoms with E-state index in [1.807, 2.05) is 23.6 Å². The highest BCUT2D eigenvalue weighted by atomic mass is 32.1. The molecular formula is C21H21N3O3S. The normalized spacial score (nSPS) is 14.7. The van der Waals surface area contributed by atoms with E-state index in [2.05, 4.69) is 17.1 Å². The average Bonchev–Trinajstić information content (AvgIpc) is 3.35. The molecule has 1 fully saturated rings. The number of rotatable bonds is 4. The smallest absolute Gasteiger partial charge is 0.289 e. The van der Waals surface area contributed by atoms with Gasteiger partial charge < -0.3 is 14.2 Å². The Morgan fingerprint density at radius 3 is 2.43 bits per heavy atom. The van der Waals surface area contributed by atoms with Crippen LogP contribution in [0.1, 0.15) is 38.0 Å². The van der Waals surface area contributed by atoms with Crippen LogP contribution < -0.4 is 0 Å². The van der Waals surface area contributed by atoms with E-state index in [0.29, 0.717) is 37.6 Å². The summed E-state index contributed by atoms with van der Waals surface area (Å²) in [6, 6.07) is 13.5. The van der Waals surface area contributed by atoms with Gasteiger partial charge in [-0.25, -0.2) is 4.98 Å². The minimum Gasteiger partial charge on any atom is -0.459 e. The number of aromatic nitrogens is 1. The summed E-state index contributed by atoms with van der Waals surface area (Å²) in [7, 11) is 0. The molecule has 0 atom stereocenters. The molecule has 1 aromatic carbocycles. The lowest BCUT2D eigenvalue weighted by molar-refractivity contribution is 0.0698. The Bertz CT molecular complexity index is 937. The van der Waals surface area contributed by atoms with Gasteiger partial charge in [0.2, 0.25) is 0 Å². The molecule has 144 valence electrons. The summed E-state index contributed by atoms with van der Waals surface area (Å²) in [6.07, 6.45) is 2.96. The van der Waals surface area contributed by atoms with Gasteiger partial charge in [0, 0.05) is 38.0 Å². The molecule has 0 unspecified atom stereocenters. The molecule has 4 rings (SSSR count). The predicted octanol–water partition coefficient (Wildman–Crippen LogP) is 3.32. The van der Waals surface area contributed by atoms with Crippen LogP contribution in [-0.4, -0.2) is 52.8 Å². The zero-order valence-corrected chi connectivity index (χ0v) is 16.2. The molecule has 0 aliphatic carbocycles. The van der Waals surface area contributed by atoms with Crippen LogP contribution in [0, 0.1) is 0 Å². The van der Waals surface area contributed by atoms with Crippen molar-refractivity contribution in [1.82, 2.24) is 14.8 Å². The van der Waals surface area contributed by atoms with E-state index in [1.54, 1.807) is 21.9 Å². The average molecular weight is 395 g/mol. The van der Waals surface area contributed by atoms with Crippen LogP contribution in [0.25, 0.3) is 0 Å². The van der Waals surface area contributed by atoms with Crippen LogP contribution in [-0.2, 0) is 6.42 Å². The zero-order chi connectivity index (χ0) is 19.3. The third kappa shape index (κ3) is 4.14. The highest BCUT2D eigenvalue weighted by Gasteiger charge is 2.25. The van der Waals surface area contributed by atoms with Crippen molar-refractivity contribution < 1.29 is 14.0 Å². The van der Waals surface area contributed by atoms with Crippen molar-refractivity contribution in [2.75, 3.05) is 26.2 Å². The molecule has 1 aliphatic heterocycles. The van der Waals surface area contributed by atoms with E-state index in [0.717, 1.165) is 17.8 Å². The molecule has 0 saturated carbocycles. The van der Waals surface area contributed by atoms with E-state index in [1.165, 1.54) is 23.2 Å². The fraction of sp³-hybridized carbons (Fsp3) is 0.286. The van der Waals surface area contributed by atoms with Gasteiger partial charge in [-0.15, -0.1) is 11.3 Å². The Hall–Kier alpha value is -2.93. The van der Waals surface area contributed by atoms with Crippen molar-refractivity contribution in [3.63, 3.8) is 0 Å². The second-order valence-corrected chi connectivity index (χ2v) is 7.65. The number of amides is 2. The van der Waals surface area contributed by atoms with Crippen LogP contribution in [0.5, 0.6) is 0 Å². The maximum Gasteiger partial charge on any atom is 0.289 e. The van der Waals surface area contributed by atoms with Gasteiger partial charge in [0.15, 0.2) is 5.76 Å². The number of carbonyl (C=O) groups excluding carboxylic acids is 2. The molecule has 2 amide bonds. The van der Waals surface area contributed by atoms with Crippen molar-refractivity contribution in [2.24, 2.45) is 0 Å². The largest absolute Gasteiger partial charge is 0.459 e. The maximum atomic E-state index is 12.9. The molecule has 3 heterocycles. The first-order valence-electron chi connectivity index (χ1n) is 9.31. The Morgan fingerprint density at radius 2 is 1.71 bits per heavy atom. The highest BCUT2D eigenvalue weighted by Crippen LogP contribution is 2.17. The van der Waals surface area contributed by atoms with Crippen LogP contribution in [0.3, 0.4) is 0 Å². The van der Waals surface area contributed by atoms with Crippen molar-refractivity contribution in [3.05, 3.63) is 76.1 Å². The Morgan fingerprint density at radius 1 is 0.964 bits per heavy atom. The number of carbonyl (C=O) groups is 2. The SMILES string of the molecule is O=C(c1csc(Cc2ccccc2)n1)N1CCCN(C(=O)c2ccco2)CC1. The molecule has 6 nitrogen and oxygen atoms in total. The lowest BCUT2D eigenvalue weighted by Gasteiger charge is -2.21. The Balaban J connectivity index is 1.38. The molecule has 7 heteroatoms. The number of hydrogen-bond acceptors (Lipinski definition) is 5. The molecule has 3 aromatic rings. The number of nitrogens with zero attached hydrogens (tertiary/aromatic N) is 3. The van der Waals surface area contributed by atoms with Gasteiger partial charge in [0.05, 0.1) is 11.3 Å². The van der Waals surface area contributed by atoms with Gasteiger partial charge in [0.1, 0.15) is 5.69 Å². The molecule has 2 aromatic heterocycles. The highest BCUT2D eigenvalue weighted by molar-refractivity contribution is 7.09. The minimum absolute atomic E-state index is 0.0668. The van der Waals surface area contributed by atoms with Gasteiger partial charge >= 0.3 is 0 Å². The molecule has 0 bridgehead atoms. The summed E-state index contributed by atoms with van der Waals surface area (Å²) in [5.74, 6) is 0.144. The van der Waals surface area contributed by atoms with E-state index >= 15 is 0 Å². The van der Waals surface area contributed by atoms with E-state index in [-0.39, 0.29) is 11.8 Å². The number of benzene rings is 1. The lowest BCUT2D eigenvalue weighted by atomic mass is 10.2. The Labute approximate surface area is 167 Å². The van der Waals surface area contributed by atoms with Crippen molar-refractivity contribution in [2.45, 2.75) is 12.8 Å². The molecule has 1 saturated heterocycles. The van der Waals surface area contributed by atoms with Crippen molar-refractivity contribution >= 4 is 23.2 Å². The molecule has 0 N–H and O–H groups in total. The zero-order valence-electron chi connectivity index (χ0n) is 15.4. The van der Waals surface area contributed by atoms with E-state index < -0.39 is 0 Å². The maximum absolute atomic E-state index is 12.9. The fourth-order valence-electron chi connectivity index (χ4n) is 3.30. The summed E-state index contributed by atoms with van der Waals surface area (Å²) in [5, 5.41) is 2.76. The van der Waals surface area contributed by atoms with Gasteiger partial charge in [-0.3, -0.25) is 9.59 Å². The Kier molecular flexibility index (Phi) is 5.53. The molecule has 0 radical (unpaired) electrons. The first kappa shape index (κ1) is 18.4. The van der Waals surface area contributed by atoms with Crippen LogP contribution >= 0.6 is 11.3 Å². The number of hydrogen-bond donors (Lipinski definition) is 0. The second kappa shape index (κ2) is 8.39. The van der Waals surface area contributed by atoms with E-state index in [4.69, 9.17) is 4.42 Å². The van der Waals surface area contributed by atoms with Crippen molar-refractivity contribution in [1.29, 1.82) is 0 Å². The standard InChI is InChI=1S/C21H21N3O3S/c25-20(17-15-28-19(22-17)14-16-6-2-1-3-7-16)23-9-5-10-24(12-11-23)21(26)18-8-4-13-27-18/h1-4,6-8,13,15H,5,9-12,14H2. The summed E-state index contributed by atoms with van der Waals surface area (Å²) < 4.78 is 5.20. The van der Waals surface area contributed by atoms with Crippen molar-refractivity contribution in [3.8, 4) is 0 Å². The molecule has 0 spiro atoms. The van der Waals surface area contributed by atoms with Crippen LogP contribution in [0.2, 0.25) is 0 Å². The monoisotopic (exact) mass is 395 g/mol. The summed E-state index contributed by atoms with van der Waals surface area (Å²) in [5.41, 5.74) is 1.67. The van der Waals surface area contributed by atoms with Gasteiger partial charge in [-0.05, 0) is 24.1 Å². The van der Waals surface area contributed by atoms with Gasteiger partial charge in [-0.2, -0.15) is 0 Å². The third-order valence-electron chi connectivity index (χ3n) is 4.77.